The molecule has 1 fully saturated rings. The van der Waals surface area contributed by atoms with Gasteiger partial charge in [0.2, 0.25) is 0 Å². The second-order valence-electron chi connectivity index (χ2n) is 6.77. The van der Waals surface area contributed by atoms with Crippen LogP contribution in [0.5, 0.6) is 5.75 Å². The Hall–Kier alpha value is -1.02. The van der Waals surface area contributed by atoms with E-state index in [9.17, 15) is 0 Å². The molecule has 2 atom stereocenters. The SMILES string of the molecule is CC(C)(C)c1cccc(OCCC2CCCC2N)c1. The fraction of sp³-hybridized carbons (Fsp3) is 0.647. The zero-order chi connectivity index (χ0) is 13.9. The van der Waals surface area contributed by atoms with Gasteiger partial charge in [-0.25, -0.2) is 0 Å². The molecular formula is C17H27NO. The molecule has 1 aliphatic carbocycles. The second-order valence-corrected chi connectivity index (χ2v) is 6.77. The summed E-state index contributed by atoms with van der Waals surface area (Å²) in [6.07, 6.45) is 4.82. The van der Waals surface area contributed by atoms with E-state index in [0.29, 0.717) is 12.0 Å². The van der Waals surface area contributed by atoms with Crippen molar-refractivity contribution in [3.8, 4) is 5.75 Å². The zero-order valence-electron chi connectivity index (χ0n) is 12.5. The first-order chi connectivity index (χ1) is 8.97. The van der Waals surface area contributed by atoms with Gasteiger partial charge in [-0.3, -0.25) is 0 Å². The highest BCUT2D eigenvalue weighted by Gasteiger charge is 2.23. The Balaban J connectivity index is 1.86. The minimum Gasteiger partial charge on any atom is -0.494 e. The van der Waals surface area contributed by atoms with Crippen LogP contribution in [-0.2, 0) is 5.41 Å². The molecule has 2 unspecified atom stereocenters. The lowest BCUT2D eigenvalue weighted by Gasteiger charge is -2.20. The molecule has 0 spiro atoms. The van der Waals surface area contributed by atoms with Crippen LogP contribution in [0.3, 0.4) is 0 Å². The van der Waals surface area contributed by atoms with Crippen molar-refractivity contribution >= 4 is 0 Å². The summed E-state index contributed by atoms with van der Waals surface area (Å²) in [5.74, 6) is 1.64. The van der Waals surface area contributed by atoms with Crippen molar-refractivity contribution in [1.29, 1.82) is 0 Å². The minimum atomic E-state index is 0.174. The van der Waals surface area contributed by atoms with Crippen LogP contribution >= 0.6 is 0 Å². The molecule has 1 aliphatic rings. The molecule has 1 aromatic rings. The van der Waals surface area contributed by atoms with E-state index in [1.807, 2.05) is 6.07 Å². The summed E-state index contributed by atoms with van der Waals surface area (Å²) in [5.41, 5.74) is 7.58. The topological polar surface area (TPSA) is 35.2 Å². The maximum atomic E-state index is 6.08. The van der Waals surface area contributed by atoms with Crippen LogP contribution < -0.4 is 10.5 Å². The molecule has 0 heterocycles. The molecule has 2 rings (SSSR count). The fourth-order valence-electron chi connectivity index (χ4n) is 2.80. The highest BCUT2D eigenvalue weighted by atomic mass is 16.5. The third kappa shape index (κ3) is 3.97. The van der Waals surface area contributed by atoms with Crippen LogP contribution in [0.25, 0.3) is 0 Å². The monoisotopic (exact) mass is 261 g/mol. The predicted molar refractivity (Wildman–Crippen MR) is 80.6 cm³/mol. The third-order valence-electron chi connectivity index (χ3n) is 4.18. The van der Waals surface area contributed by atoms with E-state index >= 15 is 0 Å². The second kappa shape index (κ2) is 5.96. The molecule has 0 saturated heterocycles. The number of hydrogen-bond acceptors (Lipinski definition) is 2. The molecule has 2 N–H and O–H groups in total. The molecule has 0 radical (unpaired) electrons. The maximum absolute atomic E-state index is 6.08. The lowest BCUT2D eigenvalue weighted by Crippen LogP contribution is -2.25. The minimum absolute atomic E-state index is 0.174. The Kier molecular flexibility index (Phi) is 4.51. The van der Waals surface area contributed by atoms with Crippen molar-refractivity contribution in [3.63, 3.8) is 0 Å². The summed E-state index contributed by atoms with van der Waals surface area (Å²) in [4.78, 5) is 0. The average molecular weight is 261 g/mol. The molecule has 1 aromatic carbocycles. The first-order valence-corrected chi connectivity index (χ1v) is 7.46. The van der Waals surface area contributed by atoms with Crippen LogP contribution in [0.1, 0.15) is 52.0 Å². The van der Waals surface area contributed by atoms with Gasteiger partial charge in [-0.05, 0) is 48.3 Å². The Morgan fingerprint density at radius 1 is 1.26 bits per heavy atom. The summed E-state index contributed by atoms with van der Waals surface area (Å²) in [6, 6.07) is 8.85. The molecule has 0 aliphatic heterocycles. The highest BCUT2D eigenvalue weighted by Crippen LogP contribution is 2.28. The normalized spacial score (nSPS) is 23.6. The molecule has 0 amide bonds. The molecule has 19 heavy (non-hydrogen) atoms. The van der Waals surface area contributed by atoms with E-state index in [1.165, 1.54) is 24.8 Å². The standard InChI is InChI=1S/C17H27NO/c1-17(2,3)14-7-5-8-15(12-14)19-11-10-13-6-4-9-16(13)18/h5,7-8,12-13,16H,4,6,9-11,18H2,1-3H3. The summed E-state index contributed by atoms with van der Waals surface area (Å²) in [5, 5.41) is 0. The summed E-state index contributed by atoms with van der Waals surface area (Å²) >= 11 is 0. The van der Waals surface area contributed by atoms with E-state index in [1.54, 1.807) is 0 Å². The Labute approximate surface area is 117 Å². The van der Waals surface area contributed by atoms with Gasteiger partial charge >= 0.3 is 0 Å². The Bertz CT molecular complexity index is 408. The van der Waals surface area contributed by atoms with Gasteiger partial charge in [-0.1, -0.05) is 39.3 Å². The van der Waals surface area contributed by atoms with Crippen LogP contribution in [0.2, 0.25) is 0 Å². The summed E-state index contributed by atoms with van der Waals surface area (Å²) < 4.78 is 5.90. The molecule has 106 valence electrons. The van der Waals surface area contributed by atoms with E-state index in [2.05, 4.69) is 39.0 Å². The van der Waals surface area contributed by atoms with Crippen LogP contribution in [0.4, 0.5) is 0 Å². The number of nitrogens with two attached hydrogens (primary N) is 1. The molecule has 2 nitrogen and oxygen atoms in total. The van der Waals surface area contributed by atoms with Gasteiger partial charge in [0.25, 0.3) is 0 Å². The van der Waals surface area contributed by atoms with Crippen molar-refractivity contribution in [1.82, 2.24) is 0 Å². The first-order valence-electron chi connectivity index (χ1n) is 7.46. The largest absolute Gasteiger partial charge is 0.494 e. The molecule has 0 aromatic heterocycles. The van der Waals surface area contributed by atoms with Crippen molar-refractivity contribution < 1.29 is 4.74 Å². The molecule has 2 heteroatoms. The summed E-state index contributed by atoms with van der Waals surface area (Å²) in [7, 11) is 0. The van der Waals surface area contributed by atoms with Crippen LogP contribution in [-0.4, -0.2) is 12.6 Å². The van der Waals surface area contributed by atoms with E-state index < -0.39 is 0 Å². The van der Waals surface area contributed by atoms with E-state index in [-0.39, 0.29) is 5.41 Å². The molecule has 1 saturated carbocycles. The van der Waals surface area contributed by atoms with Gasteiger partial charge in [0, 0.05) is 6.04 Å². The Morgan fingerprint density at radius 3 is 2.68 bits per heavy atom. The van der Waals surface area contributed by atoms with E-state index in [4.69, 9.17) is 10.5 Å². The lowest BCUT2D eigenvalue weighted by atomic mass is 9.87. The van der Waals surface area contributed by atoms with Crippen LogP contribution in [0, 0.1) is 5.92 Å². The van der Waals surface area contributed by atoms with Crippen molar-refractivity contribution in [2.75, 3.05) is 6.61 Å². The number of rotatable bonds is 4. The van der Waals surface area contributed by atoms with Gasteiger partial charge in [0.15, 0.2) is 0 Å². The summed E-state index contributed by atoms with van der Waals surface area (Å²) in [6.45, 7) is 7.46. The highest BCUT2D eigenvalue weighted by molar-refractivity contribution is 5.32. The van der Waals surface area contributed by atoms with Crippen molar-refractivity contribution in [3.05, 3.63) is 29.8 Å². The number of ether oxygens (including phenoxy) is 1. The predicted octanol–water partition coefficient (Wildman–Crippen LogP) is 3.88. The fourth-order valence-corrected chi connectivity index (χ4v) is 2.80. The smallest absolute Gasteiger partial charge is 0.119 e. The zero-order valence-corrected chi connectivity index (χ0v) is 12.5. The van der Waals surface area contributed by atoms with Gasteiger partial charge in [0.1, 0.15) is 5.75 Å². The number of hydrogen-bond donors (Lipinski definition) is 1. The average Bonchev–Trinajstić information content (AvgIpc) is 2.75. The van der Waals surface area contributed by atoms with Gasteiger partial charge in [0.05, 0.1) is 6.61 Å². The molecule has 0 bridgehead atoms. The van der Waals surface area contributed by atoms with Gasteiger partial charge in [-0.15, -0.1) is 0 Å². The first kappa shape index (κ1) is 14.4. The van der Waals surface area contributed by atoms with Crippen molar-refractivity contribution in [2.45, 2.75) is 57.9 Å². The number of benzene rings is 1. The van der Waals surface area contributed by atoms with E-state index in [0.717, 1.165) is 18.8 Å². The quantitative estimate of drug-likeness (QED) is 0.892. The molecular weight excluding hydrogens is 234 g/mol. The maximum Gasteiger partial charge on any atom is 0.119 e. The van der Waals surface area contributed by atoms with Gasteiger partial charge in [-0.2, -0.15) is 0 Å². The van der Waals surface area contributed by atoms with Crippen LogP contribution in [0.15, 0.2) is 24.3 Å². The van der Waals surface area contributed by atoms with Gasteiger partial charge < -0.3 is 10.5 Å². The third-order valence-corrected chi connectivity index (χ3v) is 4.18. The lowest BCUT2D eigenvalue weighted by molar-refractivity contribution is 0.270. The Morgan fingerprint density at radius 2 is 2.05 bits per heavy atom. The van der Waals surface area contributed by atoms with Crippen molar-refractivity contribution in [2.24, 2.45) is 11.7 Å².